The van der Waals surface area contributed by atoms with E-state index in [9.17, 15) is 18.4 Å². The first kappa shape index (κ1) is 25.4. The van der Waals surface area contributed by atoms with Crippen molar-refractivity contribution in [3.05, 3.63) is 63.6 Å². The summed E-state index contributed by atoms with van der Waals surface area (Å²) in [6, 6.07) is 8.63. The summed E-state index contributed by atoms with van der Waals surface area (Å²) in [5.41, 5.74) is 1.14. The molecule has 10 heteroatoms. The monoisotopic (exact) mass is 487 g/mol. The standard InChI is InChI=1S/C22H21Cl2F2NO5/c1-12(16-7-6-15(23)11-17(16)24)27-21(29)13(2)31-20(28)9-5-14-4-8-18(32-22(25)26)19(10-14)30-3/h4-13,22H,1-3H3,(H,27,29)/b9-5+. The maximum absolute atomic E-state index is 12.4. The normalized spacial score (nSPS) is 13.0. The molecule has 2 aromatic carbocycles. The molecule has 2 rings (SSSR count). The maximum Gasteiger partial charge on any atom is 0.387 e. The van der Waals surface area contributed by atoms with Gasteiger partial charge in [-0.3, -0.25) is 4.79 Å². The summed E-state index contributed by atoms with van der Waals surface area (Å²) in [4.78, 5) is 24.4. The van der Waals surface area contributed by atoms with Gasteiger partial charge in [-0.15, -0.1) is 0 Å². The van der Waals surface area contributed by atoms with Crippen molar-refractivity contribution in [1.29, 1.82) is 0 Å². The van der Waals surface area contributed by atoms with E-state index in [0.29, 0.717) is 21.2 Å². The van der Waals surface area contributed by atoms with E-state index in [2.05, 4.69) is 10.1 Å². The van der Waals surface area contributed by atoms with Gasteiger partial charge in [0.05, 0.1) is 13.2 Å². The van der Waals surface area contributed by atoms with Crippen molar-refractivity contribution in [3.63, 3.8) is 0 Å². The molecule has 2 atom stereocenters. The minimum Gasteiger partial charge on any atom is -0.493 e. The number of benzene rings is 2. The minimum atomic E-state index is -2.99. The van der Waals surface area contributed by atoms with Crippen LogP contribution in [0.5, 0.6) is 11.5 Å². The number of hydrogen-bond donors (Lipinski definition) is 1. The lowest BCUT2D eigenvalue weighted by atomic mass is 10.1. The van der Waals surface area contributed by atoms with Crippen LogP contribution in [0.3, 0.4) is 0 Å². The van der Waals surface area contributed by atoms with Crippen molar-refractivity contribution < 1.29 is 32.6 Å². The van der Waals surface area contributed by atoms with E-state index in [1.165, 1.54) is 38.3 Å². The fourth-order valence-corrected chi connectivity index (χ4v) is 3.25. The second kappa shape index (κ2) is 11.7. The minimum absolute atomic E-state index is 0.0726. The lowest BCUT2D eigenvalue weighted by Gasteiger charge is -2.19. The molecule has 0 aliphatic rings. The number of esters is 1. The Labute approximate surface area is 194 Å². The van der Waals surface area contributed by atoms with Crippen LogP contribution in [-0.2, 0) is 14.3 Å². The highest BCUT2D eigenvalue weighted by Gasteiger charge is 2.20. The van der Waals surface area contributed by atoms with Gasteiger partial charge in [0, 0.05) is 16.1 Å². The van der Waals surface area contributed by atoms with Gasteiger partial charge < -0.3 is 19.5 Å². The van der Waals surface area contributed by atoms with Crippen LogP contribution in [0.4, 0.5) is 8.78 Å². The second-order valence-corrected chi connectivity index (χ2v) is 7.44. The van der Waals surface area contributed by atoms with Crippen LogP contribution in [0, 0.1) is 0 Å². The lowest BCUT2D eigenvalue weighted by Crippen LogP contribution is -2.37. The molecule has 0 aliphatic carbocycles. The van der Waals surface area contributed by atoms with E-state index in [-0.39, 0.29) is 11.5 Å². The Kier molecular flexibility index (Phi) is 9.28. The fourth-order valence-electron chi connectivity index (χ4n) is 2.67. The van der Waals surface area contributed by atoms with Crippen molar-refractivity contribution in [1.82, 2.24) is 5.32 Å². The van der Waals surface area contributed by atoms with E-state index < -0.39 is 30.6 Å². The lowest BCUT2D eigenvalue weighted by molar-refractivity contribution is -0.150. The highest BCUT2D eigenvalue weighted by molar-refractivity contribution is 6.35. The van der Waals surface area contributed by atoms with Gasteiger partial charge in [0.25, 0.3) is 5.91 Å². The smallest absolute Gasteiger partial charge is 0.387 e. The molecular formula is C22H21Cl2F2NO5. The largest absolute Gasteiger partial charge is 0.493 e. The molecule has 0 bridgehead atoms. The topological polar surface area (TPSA) is 73.9 Å². The summed E-state index contributed by atoms with van der Waals surface area (Å²) in [5, 5.41) is 3.59. The fraction of sp³-hybridized carbons (Fsp3) is 0.273. The molecule has 0 aromatic heterocycles. The first-order valence-corrected chi connectivity index (χ1v) is 10.1. The van der Waals surface area contributed by atoms with Gasteiger partial charge in [0.2, 0.25) is 0 Å². The summed E-state index contributed by atoms with van der Waals surface area (Å²) < 4.78 is 39.2. The second-order valence-electron chi connectivity index (χ2n) is 6.60. The van der Waals surface area contributed by atoms with Gasteiger partial charge in [-0.2, -0.15) is 8.78 Å². The molecule has 2 unspecified atom stereocenters. The van der Waals surface area contributed by atoms with E-state index in [4.69, 9.17) is 32.7 Å². The Hall–Kier alpha value is -2.84. The Balaban J connectivity index is 1.95. The maximum atomic E-state index is 12.4. The molecule has 0 spiro atoms. The van der Waals surface area contributed by atoms with E-state index >= 15 is 0 Å². The first-order chi connectivity index (χ1) is 15.1. The van der Waals surface area contributed by atoms with Crippen LogP contribution in [-0.4, -0.2) is 31.7 Å². The Morgan fingerprint density at radius 3 is 2.41 bits per heavy atom. The zero-order chi connectivity index (χ0) is 23.8. The van der Waals surface area contributed by atoms with Crippen molar-refractivity contribution in [2.24, 2.45) is 0 Å². The van der Waals surface area contributed by atoms with Crippen LogP contribution < -0.4 is 14.8 Å². The molecular weight excluding hydrogens is 467 g/mol. The summed E-state index contributed by atoms with van der Waals surface area (Å²) in [6.07, 6.45) is 1.42. The Morgan fingerprint density at radius 1 is 1.06 bits per heavy atom. The third-order valence-corrected chi connectivity index (χ3v) is 4.83. The number of nitrogens with one attached hydrogen (secondary N) is 1. The molecule has 0 radical (unpaired) electrons. The molecule has 32 heavy (non-hydrogen) atoms. The highest BCUT2D eigenvalue weighted by Crippen LogP contribution is 2.30. The van der Waals surface area contributed by atoms with Crippen molar-refractivity contribution >= 4 is 41.2 Å². The van der Waals surface area contributed by atoms with Crippen molar-refractivity contribution in [2.45, 2.75) is 32.6 Å². The quantitative estimate of drug-likeness (QED) is 0.377. The number of halogens is 4. The predicted molar refractivity (Wildman–Crippen MR) is 117 cm³/mol. The van der Waals surface area contributed by atoms with Crippen LogP contribution in [0.1, 0.15) is 31.0 Å². The third-order valence-electron chi connectivity index (χ3n) is 4.27. The molecule has 1 N–H and O–H groups in total. The van der Waals surface area contributed by atoms with Gasteiger partial charge in [0.15, 0.2) is 17.6 Å². The number of hydrogen-bond acceptors (Lipinski definition) is 5. The molecule has 0 saturated carbocycles. The number of ether oxygens (including phenoxy) is 3. The van der Waals surface area contributed by atoms with Crippen molar-refractivity contribution in [3.8, 4) is 11.5 Å². The molecule has 0 fully saturated rings. The zero-order valence-corrected chi connectivity index (χ0v) is 18.9. The van der Waals surface area contributed by atoms with E-state index in [1.54, 1.807) is 25.1 Å². The molecule has 0 heterocycles. The van der Waals surface area contributed by atoms with Gasteiger partial charge in [0.1, 0.15) is 0 Å². The molecule has 0 aliphatic heterocycles. The molecule has 6 nitrogen and oxygen atoms in total. The number of alkyl halides is 2. The van der Waals surface area contributed by atoms with E-state index in [0.717, 1.165) is 6.08 Å². The van der Waals surface area contributed by atoms with Crippen LogP contribution in [0.25, 0.3) is 6.08 Å². The molecule has 1 amide bonds. The van der Waals surface area contributed by atoms with Crippen LogP contribution >= 0.6 is 23.2 Å². The van der Waals surface area contributed by atoms with E-state index in [1.807, 2.05) is 0 Å². The number of carbonyl (C=O) groups excluding carboxylic acids is 2. The average Bonchev–Trinajstić information content (AvgIpc) is 2.72. The summed E-state index contributed by atoms with van der Waals surface area (Å²) in [5.74, 6) is -1.34. The third kappa shape index (κ3) is 7.39. The van der Waals surface area contributed by atoms with Crippen LogP contribution in [0.15, 0.2) is 42.5 Å². The molecule has 0 saturated heterocycles. The summed E-state index contributed by atoms with van der Waals surface area (Å²) in [6.45, 7) is 0.166. The number of amides is 1. The highest BCUT2D eigenvalue weighted by atomic mass is 35.5. The van der Waals surface area contributed by atoms with Gasteiger partial charge in [-0.1, -0.05) is 35.3 Å². The predicted octanol–water partition coefficient (Wildman–Crippen LogP) is 5.43. The Morgan fingerprint density at radius 2 is 1.78 bits per heavy atom. The summed E-state index contributed by atoms with van der Waals surface area (Å²) >= 11 is 12.0. The zero-order valence-electron chi connectivity index (χ0n) is 17.4. The SMILES string of the molecule is COc1cc(/C=C/C(=O)OC(C)C(=O)NC(C)c2ccc(Cl)cc2Cl)ccc1OC(F)F. The first-order valence-electron chi connectivity index (χ1n) is 9.37. The summed E-state index contributed by atoms with van der Waals surface area (Å²) in [7, 11) is 1.30. The molecule has 2 aromatic rings. The average molecular weight is 488 g/mol. The van der Waals surface area contributed by atoms with Gasteiger partial charge in [-0.05, 0) is 55.3 Å². The van der Waals surface area contributed by atoms with Crippen molar-refractivity contribution in [2.75, 3.05) is 7.11 Å². The van der Waals surface area contributed by atoms with Gasteiger partial charge >= 0.3 is 12.6 Å². The molecule has 172 valence electrons. The number of methoxy groups -OCH3 is 1. The number of carbonyl (C=O) groups is 2. The van der Waals surface area contributed by atoms with Crippen LogP contribution in [0.2, 0.25) is 10.0 Å². The Bertz CT molecular complexity index is 1000. The van der Waals surface area contributed by atoms with Gasteiger partial charge in [-0.25, -0.2) is 4.79 Å². The number of rotatable bonds is 9.